The molecule has 2 amide bonds. The molecule has 8 heteroatoms. The van der Waals surface area contributed by atoms with E-state index >= 15 is 0 Å². The Hall–Kier alpha value is -3.26. The molecule has 2 heterocycles. The highest BCUT2D eigenvalue weighted by molar-refractivity contribution is 6.00. The van der Waals surface area contributed by atoms with Gasteiger partial charge in [-0.2, -0.15) is 5.10 Å². The molecule has 7 nitrogen and oxygen atoms in total. The number of carbonyl (C=O) groups is 2. The van der Waals surface area contributed by atoms with Crippen LogP contribution in [-0.2, 0) is 11.3 Å². The number of aromatic nitrogens is 2. The molecule has 2 aromatic carbocycles. The van der Waals surface area contributed by atoms with E-state index in [9.17, 15) is 14.0 Å². The minimum atomic E-state index is -0.461. The van der Waals surface area contributed by atoms with E-state index < -0.39 is 5.82 Å². The van der Waals surface area contributed by atoms with E-state index in [1.165, 1.54) is 6.07 Å². The quantitative estimate of drug-likeness (QED) is 0.539. The number of ether oxygens (including phenoxy) is 1. The molecule has 1 aromatic heterocycles. The van der Waals surface area contributed by atoms with Gasteiger partial charge in [0.25, 0.3) is 11.8 Å². The Morgan fingerprint density at radius 3 is 2.59 bits per heavy atom. The first kappa shape index (κ1) is 23.9. The van der Waals surface area contributed by atoms with Crippen molar-refractivity contribution < 1.29 is 18.7 Å². The summed E-state index contributed by atoms with van der Waals surface area (Å²) in [4.78, 5) is 27.0. The summed E-state index contributed by atoms with van der Waals surface area (Å²) in [5.41, 5.74) is 3.33. The summed E-state index contributed by atoms with van der Waals surface area (Å²) >= 11 is 0. The largest absolute Gasteiger partial charge is 0.383 e. The van der Waals surface area contributed by atoms with Crippen LogP contribution in [0.5, 0.6) is 0 Å². The lowest BCUT2D eigenvalue weighted by molar-refractivity contribution is 0.0676. The van der Waals surface area contributed by atoms with Crippen LogP contribution >= 0.6 is 0 Å². The number of piperidine rings is 1. The molecule has 1 fully saturated rings. The second kappa shape index (κ2) is 10.3. The first-order valence-electron chi connectivity index (χ1n) is 11.7. The Kier molecular flexibility index (Phi) is 7.26. The number of hydrogen-bond acceptors (Lipinski definition) is 4. The molecule has 0 aliphatic carbocycles. The molecular weight excluding hydrogens is 435 g/mol. The average Bonchev–Trinajstić information content (AvgIpc) is 3.23. The van der Waals surface area contributed by atoms with Crippen LogP contribution in [0.1, 0.15) is 44.7 Å². The lowest BCUT2D eigenvalue weighted by Crippen LogP contribution is -2.39. The molecule has 1 N–H and O–H groups in total. The normalized spacial score (nSPS) is 14.5. The Balaban J connectivity index is 1.38. The van der Waals surface area contributed by atoms with Gasteiger partial charge in [0.15, 0.2) is 0 Å². The van der Waals surface area contributed by atoms with Gasteiger partial charge < -0.3 is 15.0 Å². The van der Waals surface area contributed by atoms with Crippen molar-refractivity contribution in [1.29, 1.82) is 0 Å². The van der Waals surface area contributed by atoms with Crippen LogP contribution in [0.15, 0.2) is 36.5 Å². The Morgan fingerprint density at radius 2 is 1.88 bits per heavy atom. The second-order valence-electron chi connectivity index (χ2n) is 8.99. The number of nitrogens with zero attached hydrogens (tertiary/aromatic N) is 3. The fourth-order valence-corrected chi connectivity index (χ4v) is 4.53. The number of likely N-dealkylation sites (tertiary alicyclic amines) is 1. The molecule has 0 bridgehead atoms. The van der Waals surface area contributed by atoms with E-state index in [0.29, 0.717) is 37.7 Å². The predicted molar refractivity (Wildman–Crippen MR) is 128 cm³/mol. The minimum Gasteiger partial charge on any atom is -0.383 e. The number of amides is 2. The Morgan fingerprint density at radius 1 is 1.15 bits per heavy atom. The highest BCUT2D eigenvalue weighted by Gasteiger charge is 2.26. The molecular formula is C26H31FN4O3. The van der Waals surface area contributed by atoms with Crippen LogP contribution in [-0.4, -0.2) is 59.8 Å². The summed E-state index contributed by atoms with van der Waals surface area (Å²) in [6, 6.07) is 8.43. The van der Waals surface area contributed by atoms with Crippen LogP contribution in [0, 0.1) is 25.6 Å². The van der Waals surface area contributed by atoms with E-state index in [1.54, 1.807) is 24.1 Å². The van der Waals surface area contributed by atoms with Gasteiger partial charge in [-0.25, -0.2) is 4.39 Å². The van der Waals surface area contributed by atoms with Crippen LogP contribution < -0.4 is 5.32 Å². The van der Waals surface area contributed by atoms with Crippen LogP contribution in [0.3, 0.4) is 0 Å². The molecule has 180 valence electrons. The first-order chi connectivity index (χ1) is 16.4. The maximum absolute atomic E-state index is 14.2. The number of methoxy groups -OCH3 is 1. The number of aryl methyl sites for hydroxylation is 2. The van der Waals surface area contributed by atoms with Gasteiger partial charge in [0, 0.05) is 50.4 Å². The monoisotopic (exact) mass is 466 g/mol. The van der Waals surface area contributed by atoms with Crippen molar-refractivity contribution in [2.45, 2.75) is 33.2 Å². The lowest BCUT2D eigenvalue weighted by atomic mass is 9.96. The maximum Gasteiger partial charge on any atom is 0.256 e. The predicted octanol–water partition coefficient (Wildman–Crippen LogP) is 3.72. The fraction of sp³-hybridized carbons (Fsp3) is 0.423. The van der Waals surface area contributed by atoms with Gasteiger partial charge in [-0.1, -0.05) is 6.07 Å². The highest BCUT2D eigenvalue weighted by atomic mass is 19.1. The van der Waals surface area contributed by atoms with Crippen LogP contribution in [0.2, 0.25) is 0 Å². The lowest BCUT2D eigenvalue weighted by Gasteiger charge is -2.32. The summed E-state index contributed by atoms with van der Waals surface area (Å²) in [6.07, 6.45) is 3.67. The molecule has 4 rings (SSSR count). The van der Waals surface area contributed by atoms with Crippen molar-refractivity contribution in [2.24, 2.45) is 5.92 Å². The Bertz CT molecular complexity index is 1200. The highest BCUT2D eigenvalue weighted by Crippen LogP contribution is 2.25. The molecule has 0 unspecified atom stereocenters. The average molecular weight is 467 g/mol. The third-order valence-corrected chi connectivity index (χ3v) is 6.54. The number of nitrogens with one attached hydrogen (secondary N) is 1. The molecule has 1 aliphatic rings. The number of benzene rings is 2. The van der Waals surface area contributed by atoms with Gasteiger partial charge in [-0.05, 0) is 68.0 Å². The zero-order valence-corrected chi connectivity index (χ0v) is 19.9. The van der Waals surface area contributed by atoms with Crippen LogP contribution in [0.25, 0.3) is 10.9 Å². The van der Waals surface area contributed by atoms with Crippen molar-refractivity contribution in [1.82, 2.24) is 20.0 Å². The van der Waals surface area contributed by atoms with Crippen molar-refractivity contribution >= 4 is 22.7 Å². The maximum atomic E-state index is 14.2. The zero-order valence-electron chi connectivity index (χ0n) is 19.9. The van der Waals surface area contributed by atoms with Crippen molar-refractivity contribution in [3.63, 3.8) is 0 Å². The first-order valence-corrected chi connectivity index (χ1v) is 11.7. The molecule has 1 saturated heterocycles. The summed E-state index contributed by atoms with van der Waals surface area (Å²) in [7, 11) is 1.60. The van der Waals surface area contributed by atoms with Gasteiger partial charge in [0.2, 0.25) is 0 Å². The van der Waals surface area contributed by atoms with Gasteiger partial charge in [0.1, 0.15) is 5.82 Å². The molecule has 0 saturated carbocycles. The topological polar surface area (TPSA) is 76.5 Å². The Labute approximate surface area is 198 Å². The number of hydrogen-bond donors (Lipinski definition) is 1. The molecule has 0 radical (unpaired) electrons. The summed E-state index contributed by atoms with van der Waals surface area (Å²) in [5.74, 6) is -0.449. The fourth-order valence-electron chi connectivity index (χ4n) is 4.53. The van der Waals surface area contributed by atoms with E-state index in [1.807, 2.05) is 36.9 Å². The van der Waals surface area contributed by atoms with Crippen molar-refractivity contribution in [2.75, 3.05) is 33.4 Å². The van der Waals surface area contributed by atoms with E-state index in [0.717, 1.165) is 41.4 Å². The molecule has 0 spiro atoms. The standard InChI is InChI=1S/C26H31FN4O3/c1-17-4-5-21(23(27)14-17)26(33)30-11-8-19(9-12-30)15-31-16-22-18(2)20(6-7-24(22)29-31)25(32)28-10-13-34-3/h4-7,14,16,19H,8-13,15H2,1-3H3,(H,28,32). The number of halogens is 1. The van der Waals surface area contributed by atoms with E-state index in [-0.39, 0.29) is 17.4 Å². The summed E-state index contributed by atoms with van der Waals surface area (Å²) in [5, 5.41) is 8.52. The van der Waals surface area contributed by atoms with Gasteiger partial charge in [0.05, 0.1) is 17.7 Å². The van der Waals surface area contributed by atoms with Gasteiger partial charge in [-0.3, -0.25) is 14.3 Å². The van der Waals surface area contributed by atoms with E-state index in [2.05, 4.69) is 5.32 Å². The number of carbonyl (C=O) groups excluding carboxylic acids is 2. The van der Waals surface area contributed by atoms with Crippen molar-refractivity contribution in [3.8, 4) is 0 Å². The third kappa shape index (κ3) is 5.12. The smallest absolute Gasteiger partial charge is 0.256 e. The van der Waals surface area contributed by atoms with Gasteiger partial charge >= 0.3 is 0 Å². The van der Waals surface area contributed by atoms with Gasteiger partial charge in [-0.15, -0.1) is 0 Å². The van der Waals surface area contributed by atoms with E-state index in [4.69, 9.17) is 9.84 Å². The molecule has 1 aliphatic heterocycles. The molecule has 3 aromatic rings. The zero-order chi connectivity index (χ0) is 24.2. The van der Waals surface area contributed by atoms with Crippen LogP contribution in [0.4, 0.5) is 4.39 Å². The SMILES string of the molecule is COCCNC(=O)c1ccc2nn(CC3CCN(C(=O)c4ccc(C)cc4F)CC3)cc2c1C. The second-order valence-corrected chi connectivity index (χ2v) is 8.99. The number of fused-ring (bicyclic) bond motifs is 1. The number of rotatable bonds is 7. The molecule has 34 heavy (non-hydrogen) atoms. The summed E-state index contributed by atoms with van der Waals surface area (Å²) in [6.45, 7) is 6.62. The minimum absolute atomic E-state index is 0.119. The third-order valence-electron chi connectivity index (χ3n) is 6.54. The molecule has 0 atom stereocenters. The summed E-state index contributed by atoms with van der Waals surface area (Å²) < 4.78 is 21.1. The van der Waals surface area contributed by atoms with Crippen molar-refractivity contribution in [3.05, 3.63) is 64.6 Å².